The molecule has 1 N–H and O–H groups in total. The minimum Gasteiger partial charge on any atom is -0.326 e. The minimum absolute atomic E-state index is 0.00528. The van der Waals surface area contributed by atoms with Crippen molar-refractivity contribution in [1.29, 1.82) is 0 Å². The van der Waals surface area contributed by atoms with Gasteiger partial charge >= 0.3 is 0 Å². The number of nitrogens with zero attached hydrogens (tertiary/aromatic N) is 1. The first kappa shape index (κ1) is 14.4. The smallest absolute Gasteiger partial charge is 0.230 e. The number of aliphatic imine (C=N–C) groups is 1. The standard InChI is InChI=1S/C15H22N2O/c1-11(2)14(16-12(3)4)10-15(18)17-13-8-6-5-7-9-13/h5-9,11-12H,10H2,1-4H3,(H,17,18). The van der Waals surface area contributed by atoms with Gasteiger partial charge in [-0.1, -0.05) is 32.0 Å². The van der Waals surface area contributed by atoms with Crippen LogP contribution < -0.4 is 5.32 Å². The van der Waals surface area contributed by atoms with E-state index in [4.69, 9.17) is 0 Å². The Morgan fingerprint density at radius 1 is 1.17 bits per heavy atom. The average molecular weight is 246 g/mol. The molecule has 1 aromatic rings. The number of nitrogens with one attached hydrogen (secondary N) is 1. The summed E-state index contributed by atoms with van der Waals surface area (Å²) in [5, 5.41) is 2.88. The second-order valence-corrected chi connectivity index (χ2v) is 4.96. The summed E-state index contributed by atoms with van der Waals surface area (Å²) in [6, 6.07) is 9.73. The normalized spacial score (nSPS) is 12.0. The Morgan fingerprint density at radius 2 is 1.78 bits per heavy atom. The van der Waals surface area contributed by atoms with Crippen LogP contribution in [0.2, 0.25) is 0 Å². The van der Waals surface area contributed by atoms with E-state index in [2.05, 4.69) is 24.2 Å². The Balaban J connectivity index is 2.63. The van der Waals surface area contributed by atoms with E-state index in [9.17, 15) is 4.79 Å². The van der Waals surface area contributed by atoms with Gasteiger partial charge < -0.3 is 5.32 Å². The maximum absolute atomic E-state index is 11.9. The van der Waals surface area contributed by atoms with Crippen molar-refractivity contribution >= 4 is 17.3 Å². The first-order valence-corrected chi connectivity index (χ1v) is 6.40. The third-order valence-corrected chi connectivity index (χ3v) is 2.49. The van der Waals surface area contributed by atoms with Crippen LogP contribution in [-0.4, -0.2) is 17.7 Å². The Kier molecular flexibility index (Phi) is 5.56. The van der Waals surface area contributed by atoms with Gasteiger partial charge in [-0.3, -0.25) is 9.79 Å². The lowest BCUT2D eigenvalue weighted by atomic mass is 10.0. The molecule has 0 aromatic heterocycles. The molecule has 0 spiro atoms. The highest BCUT2D eigenvalue weighted by Crippen LogP contribution is 2.09. The second kappa shape index (κ2) is 6.94. The van der Waals surface area contributed by atoms with Gasteiger partial charge in [0.15, 0.2) is 0 Å². The molecule has 0 atom stereocenters. The van der Waals surface area contributed by atoms with Crippen molar-refractivity contribution in [1.82, 2.24) is 0 Å². The van der Waals surface area contributed by atoms with Gasteiger partial charge in [0.25, 0.3) is 0 Å². The molecule has 0 bridgehead atoms. The van der Waals surface area contributed by atoms with Crippen molar-refractivity contribution in [2.45, 2.75) is 40.2 Å². The molecule has 0 saturated heterocycles. The number of carbonyl (C=O) groups is 1. The highest BCUT2D eigenvalue weighted by molar-refractivity contribution is 6.07. The highest BCUT2D eigenvalue weighted by Gasteiger charge is 2.11. The topological polar surface area (TPSA) is 41.5 Å². The molecule has 0 unspecified atom stereocenters. The summed E-state index contributed by atoms with van der Waals surface area (Å²) < 4.78 is 0. The maximum Gasteiger partial charge on any atom is 0.230 e. The van der Waals surface area contributed by atoms with Crippen LogP contribution in [0.1, 0.15) is 34.1 Å². The number of carbonyl (C=O) groups excluding carboxylic acids is 1. The summed E-state index contributed by atoms with van der Waals surface area (Å²) in [6.07, 6.45) is 0.366. The fourth-order valence-electron chi connectivity index (χ4n) is 1.62. The van der Waals surface area contributed by atoms with Gasteiger partial charge in [-0.2, -0.15) is 0 Å². The number of para-hydroxylation sites is 1. The van der Waals surface area contributed by atoms with E-state index in [-0.39, 0.29) is 11.9 Å². The van der Waals surface area contributed by atoms with Gasteiger partial charge in [0, 0.05) is 17.4 Å². The lowest BCUT2D eigenvalue weighted by Crippen LogP contribution is -2.20. The molecule has 0 aliphatic carbocycles. The van der Waals surface area contributed by atoms with Crippen LogP contribution >= 0.6 is 0 Å². The van der Waals surface area contributed by atoms with Crippen molar-refractivity contribution in [2.75, 3.05) is 5.32 Å². The molecule has 18 heavy (non-hydrogen) atoms. The predicted molar refractivity (Wildman–Crippen MR) is 77.1 cm³/mol. The molecule has 3 heteroatoms. The van der Waals surface area contributed by atoms with Crippen molar-refractivity contribution in [3.05, 3.63) is 30.3 Å². The Bertz CT molecular complexity index is 408. The average Bonchev–Trinajstić information content (AvgIpc) is 2.28. The number of amides is 1. The van der Waals surface area contributed by atoms with Crippen molar-refractivity contribution < 1.29 is 4.79 Å². The third kappa shape index (κ3) is 5.13. The Hall–Kier alpha value is -1.64. The van der Waals surface area contributed by atoms with Crippen LogP contribution in [0.3, 0.4) is 0 Å². The maximum atomic E-state index is 11.9. The lowest BCUT2D eigenvalue weighted by molar-refractivity contribution is -0.115. The first-order valence-electron chi connectivity index (χ1n) is 6.40. The molecule has 0 aliphatic heterocycles. The van der Waals surface area contributed by atoms with E-state index >= 15 is 0 Å². The van der Waals surface area contributed by atoms with Crippen LogP contribution in [0.5, 0.6) is 0 Å². The molecule has 0 radical (unpaired) electrons. The monoisotopic (exact) mass is 246 g/mol. The summed E-state index contributed by atoms with van der Waals surface area (Å²) >= 11 is 0. The third-order valence-electron chi connectivity index (χ3n) is 2.49. The number of anilines is 1. The van der Waals surface area contributed by atoms with Crippen molar-refractivity contribution in [2.24, 2.45) is 10.9 Å². The molecule has 98 valence electrons. The molecule has 0 saturated carbocycles. The Labute approximate surface area is 109 Å². The van der Waals surface area contributed by atoms with Crippen LogP contribution in [0.4, 0.5) is 5.69 Å². The van der Waals surface area contributed by atoms with Crippen LogP contribution in [0.15, 0.2) is 35.3 Å². The first-order chi connectivity index (χ1) is 8.49. The van der Waals surface area contributed by atoms with Crippen LogP contribution in [0.25, 0.3) is 0 Å². The van der Waals surface area contributed by atoms with E-state index in [0.717, 1.165) is 11.4 Å². The van der Waals surface area contributed by atoms with Crippen molar-refractivity contribution in [3.8, 4) is 0 Å². The summed E-state index contributed by atoms with van der Waals surface area (Å²) in [5.41, 5.74) is 1.79. The van der Waals surface area contributed by atoms with Gasteiger partial charge in [0.05, 0.1) is 6.42 Å². The number of rotatable bonds is 5. The summed E-state index contributed by atoms with van der Waals surface area (Å²) in [5.74, 6) is 0.295. The van der Waals surface area contributed by atoms with Gasteiger partial charge in [-0.15, -0.1) is 0 Å². The van der Waals surface area contributed by atoms with E-state index in [1.165, 1.54) is 0 Å². The molecule has 1 rings (SSSR count). The number of hydrogen-bond donors (Lipinski definition) is 1. The molecular weight excluding hydrogens is 224 g/mol. The summed E-state index contributed by atoms with van der Waals surface area (Å²) in [7, 11) is 0. The van der Waals surface area contributed by atoms with Crippen LogP contribution in [-0.2, 0) is 4.79 Å². The number of hydrogen-bond acceptors (Lipinski definition) is 2. The molecule has 0 heterocycles. The van der Waals surface area contributed by atoms with Crippen molar-refractivity contribution in [3.63, 3.8) is 0 Å². The molecule has 3 nitrogen and oxygen atoms in total. The quantitative estimate of drug-likeness (QED) is 0.793. The SMILES string of the molecule is CC(C)N=C(CC(=O)Nc1ccccc1)C(C)C. The van der Waals surface area contributed by atoms with E-state index < -0.39 is 0 Å². The molecule has 0 aliphatic rings. The summed E-state index contributed by atoms with van der Waals surface area (Å²) in [4.78, 5) is 16.4. The largest absolute Gasteiger partial charge is 0.326 e. The van der Waals surface area contributed by atoms with Crippen LogP contribution in [0, 0.1) is 5.92 Å². The van der Waals surface area contributed by atoms with E-state index in [1.807, 2.05) is 44.2 Å². The molecule has 1 amide bonds. The van der Waals surface area contributed by atoms with E-state index in [0.29, 0.717) is 12.3 Å². The highest BCUT2D eigenvalue weighted by atomic mass is 16.1. The Morgan fingerprint density at radius 3 is 2.28 bits per heavy atom. The number of benzene rings is 1. The van der Waals surface area contributed by atoms with Gasteiger partial charge in [-0.25, -0.2) is 0 Å². The van der Waals surface area contributed by atoms with Gasteiger partial charge in [-0.05, 0) is 31.9 Å². The molecule has 1 aromatic carbocycles. The van der Waals surface area contributed by atoms with E-state index in [1.54, 1.807) is 0 Å². The summed E-state index contributed by atoms with van der Waals surface area (Å²) in [6.45, 7) is 8.18. The zero-order chi connectivity index (χ0) is 13.5. The van der Waals surface area contributed by atoms with Gasteiger partial charge in [0.1, 0.15) is 0 Å². The minimum atomic E-state index is -0.00528. The predicted octanol–water partition coefficient (Wildman–Crippen LogP) is 3.52. The fraction of sp³-hybridized carbons (Fsp3) is 0.467. The zero-order valence-corrected chi connectivity index (χ0v) is 11.6. The lowest BCUT2D eigenvalue weighted by Gasteiger charge is -2.12. The molecule has 0 fully saturated rings. The zero-order valence-electron chi connectivity index (χ0n) is 11.6. The molecular formula is C15H22N2O. The fourth-order valence-corrected chi connectivity index (χ4v) is 1.62. The van der Waals surface area contributed by atoms with Gasteiger partial charge in [0.2, 0.25) is 5.91 Å². The second-order valence-electron chi connectivity index (χ2n) is 4.96.